The van der Waals surface area contributed by atoms with Crippen LogP contribution < -0.4 is 5.56 Å². The van der Waals surface area contributed by atoms with Crippen molar-refractivity contribution in [3.05, 3.63) is 88.8 Å². The second kappa shape index (κ2) is 6.96. The number of hydrogen-bond donors (Lipinski definition) is 0. The Hall–Kier alpha value is -3.18. The lowest BCUT2D eigenvalue weighted by molar-refractivity contribution is 0.109. The number of fused-ring (bicyclic) bond motifs is 5. The van der Waals surface area contributed by atoms with Crippen molar-refractivity contribution in [3.63, 3.8) is 0 Å². The largest absolute Gasteiger partial charge is 0.460 e. The number of aromatic nitrogens is 2. The maximum Gasteiger partial charge on any atom is 0.250 e. The second-order valence-corrected chi connectivity index (χ2v) is 8.57. The summed E-state index contributed by atoms with van der Waals surface area (Å²) in [5.74, 6) is 1.84. The highest BCUT2D eigenvalue weighted by atomic mass is 16.3. The van der Waals surface area contributed by atoms with Crippen LogP contribution in [0.15, 0.2) is 76.2 Å². The van der Waals surface area contributed by atoms with Gasteiger partial charge >= 0.3 is 0 Å². The molecule has 0 radical (unpaired) electrons. The number of likely N-dealkylation sites (tertiary alicyclic amines) is 1. The van der Waals surface area contributed by atoms with Gasteiger partial charge in [-0.2, -0.15) is 0 Å². The zero-order chi connectivity index (χ0) is 20.1. The minimum absolute atomic E-state index is 0.109. The van der Waals surface area contributed by atoms with Gasteiger partial charge < -0.3 is 8.98 Å². The summed E-state index contributed by atoms with van der Waals surface area (Å²) < 4.78 is 8.08. The standard InChI is InChI=1S/C25H23N3O2/c29-24-8-7-22(19-5-3-9-26-12-19)25-20-10-17(14-28(24)25)13-27(15-20)16-21-11-18-4-1-2-6-23(18)30-21/h1-9,11-12,17,20H,10,13-16H2/t17-,20+/m0/s1. The highest BCUT2D eigenvalue weighted by Gasteiger charge is 2.36. The molecule has 3 aromatic heterocycles. The van der Waals surface area contributed by atoms with Gasteiger partial charge in [0.2, 0.25) is 0 Å². The van der Waals surface area contributed by atoms with Crippen LogP contribution in [0.25, 0.3) is 22.1 Å². The van der Waals surface area contributed by atoms with E-state index in [1.54, 1.807) is 12.3 Å². The normalized spacial score (nSPS) is 20.9. The molecule has 6 rings (SSSR count). The minimum Gasteiger partial charge on any atom is -0.460 e. The molecule has 1 fully saturated rings. The first-order valence-corrected chi connectivity index (χ1v) is 10.6. The first kappa shape index (κ1) is 17.7. The summed E-state index contributed by atoms with van der Waals surface area (Å²) in [4.78, 5) is 19.5. The third kappa shape index (κ3) is 2.97. The second-order valence-electron chi connectivity index (χ2n) is 8.57. The summed E-state index contributed by atoms with van der Waals surface area (Å²) in [6, 6.07) is 18.0. The van der Waals surface area contributed by atoms with Crippen molar-refractivity contribution in [2.75, 3.05) is 13.1 Å². The van der Waals surface area contributed by atoms with E-state index in [9.17, 15) is 4.79 Å². The average molecular weight is 397 g/mol. The molecule has 2 atom stereocenters. The topological polar surface area (TPSA) is 51.3 Å². The molecule has 1 aromatic carbocycles. The number of pyridine rings is 2. The van der Waals surface area contributed by atoms with Crippen molar-refractivity contribution in [2.45, 2.75) is 25.4 Å². The summed E-state index contributed by atoms with van der Waals surface area (Å²) in [6.07, 6.45) is 4.81. The predicted octanol–water partition coefficient (Wildman–Crippen LogP) is 4.28. The summed E-state index contributed by atoms with van der Waals surface area (Å²) in [7, 11) is 0. The van der Waals surface area contributed by atoms with Gasteiger partial charge in [0, 0.05) is 66.2 Å². The maximum atomic E-state index is 12.7. The Kier molecular flexibility index (Phi) is 4.09. The molecule has 0 spiro atoms. The van der Waals surface area contributed by atoms with Crippen LogP contribution in [-0.4, -0.2) is 27.5 Å². The highest BCUT2D eigenvalue weighted by molar-refractivity contribution is 5.77. The third-order valence-corrected chi connectivity index (χ3v) is 6.49. The smallest absolute Gasteiger partial charge is 0.250 e. The zero-order valence-electron chi connectivity index (χ0n) is 16.7. The van der Waals surface area contributed by atoms with Gasteiger partial charge in [-0.05, 0) is 36.6 Å². The Bertz CT molecular complexity index is 1240. The Balaban J connectivity index is 1.34. The van der Waals surface area contributed by atoms with E-state index in [4.69, 9.17) is 4.42 Å². The van der Waals surface area contributed by atoms with Gasteiger partial charge in [-0.3, -0.25) is 14.7 Å². The fourth-order valence-electron chi connectivity index (χ4n) is 5.34. The number of hydrogen-bond acceptors (Lipinski definition) is 4. The molecule has 0 N–H and O–H groups in total. The van der Waals surface area contributed by atoms with Gasteiger partial charge in [-0.25, -0.2) is 0 Å². The molecule has 0 aliphatic carbocycles. The molecule has 2 aliphatic heterocycles. The Morgan fingerprint density at radius 3 is 2.83 bits per heavy atom. The van der Waals surface area contributed by atoms with Crippen LogP contribution in [0.2, 0.25) is 0 Å². The van der Waals surface area contributed by atoms with Crippen molar-refractivity contribution in [3.8, 4) is 11.1 Å². The molecular formula is C25H23N3O2. The molecule has 150 valence electrons. The molecule has 1 saturated heterocycles. The van der Waals surface area contributed by atoms with E-state index >= 15 is 0 Å². The summed E-state index contributed by atoms with van der Waals surface area (Å²) in [5.41, 5.74) is 4.44. The molecule has 2 aliphatic rings. The molecule has 5 heteroatoms. The van der Waals surface area contributed by atoms with Crippen LogP contribution in [0.3, 0.4) is 0 Å². The van der Waals surface area contributed by atoms with Crippen molar-refractivity contribution in [2.24, 2.45) is 5.92 Å². The predicted molar refractivity (Wildman–Crippen MR) is 116 cm³/mol. The molecule has 30 heavy (non-hydrogen) atoms. The van der Waals surface area contributed by atoms with Crippen molar-refractivity contribution >= 4 is 11.0 Å². The lowest BCUT2D eigenvalue weighted by Gasteiger charge is -2.43. The monoisotopic (exact) mass is 397 g/mol. The van der Waals surface area contributed by atoms with E-state index in [1.807, 2.05) is 41.1 Å². The number of nitrogens with zero attached hydrogens (tertiary/aromatic N) is 3. The van der Waals surface area contributed by atoms with Gasteiger partial charge in [-0.1, -0.05) is 24.3 Å². The van der Waals surface area contributed by atoms with Gasteiger partial charge in [0.15, 0.2) is 0 Å². The fourth-order valence-corrected chi connectivity index (χ4v) is 5.34. The van der Waals surface area contributed by atoms with Crippen LogP contribution >= 0.6 is 0 Å². The number of piperidine rings is 1. The Labute approximate surface area is 174 Å². The van der Waals surface area contributed by atoms with Gasteiger partial charge in [0.1, 0.15) is 11.3 Å². The van der Waals surface area contributed by atoms with Crippen LogP contribution in [0.4, 0.5) is 0 Å². The van der Waals surface area contributed by atoms with Gasteiger partial charge in [0.05, 0.1) is 6.54 Å². The molecule has 2 bridgehead atoms. The number of para-hydroxylation sites is 1. The first-order valence-electron chi connectivity index (χ1n) is 10.6. The number of rotatable bonds is 3. The van der Waals surface area contributed by atoms with Crippen LogP contribution in [0.1, 0.15) is 23.8 Å². The summed E-state index contributed by atoms with van der Waals surface area (Å²) >= 11 is 0. The van der Waals surface area contributed by atoms with E-state index in [1.165, 1.54) is 5.69 Å². The van der Waals surface area contributed by atoms with E-state index < -0.39 is 0 Å². The van der Waals surface area contributed by atoms with E-state index in [0.717, 1.165) is 60.5 Å². The van der Waals surface area contributed by atoms with Crippen molar-refractivity contribution in [1.82, 2.24) is 14.5 Å². The molecule has 0 unspecified atom stereocenters. The van der Waals surface area contributed by atoms with Gasteiger partial charge in [-0.15, -0.1) is 0 Å². The molecule has 4 aromatic rings. The van der Waals surface area contributed by atoms with E-state index in [-0.39, 0.29) is 5.56 Å². The fraction of sp³-hybridized carbons (Fsp3) is 0.280. The lowest BCUT2D eigenvalue weighted by Crippen LogP contribution is -2.46. The minimum atomic E-state index is 0.109. The quantitative estimate of drug-likeness (QED) is 0.518. The first-order chi connectivity index (χ1) is 14.7. The molecule has 0 amide bonds. The highest BCUT2D eigenvalue weighted by Crippen LogP contribution is 2.40. The van der Waals surface area contributed by atoms with Crippen LogP contribution in [0.5, 0.6) is 0 Å². The average Bonchev–Trinajstić information content (AvgIpc) is 3.17. The Morgan fingerprint density at radius 1 is 1.03 bits per heavy atom. The Morgan fingerprint density at radius 2 is 1.97 bits per heavy atom. The number of furan rings is 1. The van der Waals surface area contributed by atoms with Crippen LogP contribution in [0, 0.1) is 5.92 Å². The molecule has 5 nitrogen and oxygen atoms in total. The summed E-state index contributed by atoms with van der Waals surface area (Å²) in [6.45, 7) is 3.52. The molecule has 5 heterocycles. The lowest BCUT2D eigenvalue weighted by atomic mass is 9.80. The van der Waals surface area contributed by atoms with E-state index in [2.05, 4.69) is 28.1 Å². The van der Waals surface area contributed by atoms with E-state index in [0.29, 0.717) is 11.8 Å². The molecule has 0 saturated carbocycles. The van der Waals surface area contributed by atoms with Crippen LogP contribution in [-0.2, 0) is 13.1 Å². The van der Waals surface area contributed by atoms with Crippen molar-refractivity contribution < 1.29 is 4.42 Å². The van der Waals surface area contributed by atoms with Gasteiger partial charge in [0.25, 0.3) is 5.56 Å². The van der Waals surface area contributed by atoms with Crippen molar-refractivity contribution in [1.29, 1.82) is 0 Å². The SMILES string of the molecule is O=c1ccc(-c2cccnc2)c2n1C[C@H]1C[C@@H]2CN(Cc2cc3ccccc3o2)C1. The summed E-state index contributed by atoms with van der Waals surface area (Å²) in [5, 5.41) is 1.15. The molecular weight excluding hydrogens is 374 g/mol. The maximum absolute atomic E-state index is 12.7. The number of benzene rings is 1. The third-order valence-electron chi connectivity index (χ3n) is 6.49. The zero-order valence-corrected chi connectivity index (χ0v) is 16.7.